The number of carbonyl (C=O) groups excluding carboxylic acids is 1. The lowest BCUT2D eigenvalue weighted by Gasteiger charge is -2.36. The number of hydrogen-bond acceptors (Lipinski definition) is 4. The summed E-state index contributed by atoms with van der Waals surface area (Å²) in [6.45, 7) is 6.71. The number of aryl methyl sites for hydroxylation is 1. The number of nitrogens with zero attached hydrogens (tertiary/aromatic N) is 2. The van der Waals surface area contributed by atoms with Crippen LogP contribution in [0.5, 0.6) is 5.75 Å². The number of methoxy groups -OCH3 is 1. The van der Waals surface area contributed by atoms with Crippen LogP contribution in [0.2, 0.25) is 0 Å². The second kappa shape index (κ2) is 10.9. The summed E-state index contributed by atoms with van der Waals surface area (Å²) in [7, 11) is 1.67. The molecule has 4 aromatic rings. The van der Waals surface area contributed by atoms with Crippen LogP contribution in [0, 0.1) is 6.92 Å². The number of aromatic amines is 1. The van der Waals surface area contributed by atoms with Crippen molar-refractivity contribution in [2.75, 3.05) is 51.3 Å². The van der Waals surface area contributed by atoms with Gasteiger partial charge < -0.3 is 19.9 Å². The van der Waals surface area contributed by atoms with Gasteiger partial charge in [0.15, 0.2) is 0 Å². The zero-order valence-electron chi connectivity index (χ0n) is 21.0. The molecule has 1 fully saturated rings. The number of benzene rings is 3. The summed E-state index contributed by atoms with van der Waals surface area (Å²) < 4.78 is 5.35. The maximum absolute atomic E-state index is 13.0. The number of carbonyl (C=O) groups is 1. The van der Waals surface area contributed by atoms with Gasteiger partial charge in [0.2, 0.25) is 5.91 Å². The quantitative estimate of drug-likeness (QED) is 0.387. The van der Waals surface area contributed by atoms with Gasteiger partial charge in [-0.05, 0) is 53.9 Å². The Bertz CT molecular complexity index is 1310. The smallest absolute Gasteiger partial charge is 0.234 e. The Hall–Kier alpha value is -3.77. The molecule has 1 saturated heterocycles. The normalized spacial score (nSPS) is 15.1. The lowest BCUT2D eigenvalue weighted by Crippen LogP contribution is -2.49. The summed E-state index contributed by atoms with van der Waals surface area (Å²) in [4.78, 5) is 21.0. The molecule has 1 aliphatic rings. The summed E-state index contributed by atoms with van der Waals surface area (Å²) in [6.07, 6.45) is 2.07. The number of rotatable bonds is 8. The number of ether oxygens (including phenoxy) is 1. The predicted octanol–water partition coefficient (Wildman–Crippen LogP) is 4.56. The van der Waals surface area contributed by atoms with Crippen LogP contribution in [0.4, 0.5) is 5.69 Å². The van der Waals surface area contributed by atoms with E-state index in [1.54, 1.807) is 7.11 Å². The van der Waals surface area contributed by atoms with Crippen LogP contribution < -0.4 is 15.0 Å². The van der Waals surface area contributed by atoms with Gasteiger partial charge in [-0.3, -0.25) is 9.69 Å². The fourth-order valence-electron chi connectivity index (χ4n) is 5.09. The summed E-state index contributed by atoms with van der Waals surface area (Å²) in [5.41, 5.74) is 5.97. The van der Waals surface area contributed by atoms with Gasteiger partial charge in [-0.15, -0.1) is 0 Å². The highest BCUT2D eigenvalue weighted by atomic mass is 16.5. The van der Waals surface area contributed by atoms with E-state index in [0.29, 0.717) is 13.1 Å². The number of H-pyrrole nitrogens is 1. The highest BCUT2D eigenvalue weighted by molar-refractivity contribution is 5.84. The molecule has 1 aromatic heterocycles. The van der Waals surface area contributed by atoms with E-state index in [1.165, 1.54) is 22.2 Å². The van der Waals surface area contributed by atoms with Gasteiger partial charge in [0, 0.05) is 61.4 Å². The first-order chi connectivity index (χ1) is 17.6. The molecule has 186 valence electrons. The number of hydrogen-bond donors (Lipinski definition) is 2. The second-order valence-corrected chi connectivity index (χ2v) is 9.52. The van der Waals surface area contributed by atoms with E-state index in [4.69, 9.17) is 4.74 Å². The first-order valence-corrected chi connectivity index (χ1v) is 12.6. The summed E-state index contributed by atoms with van der Waals surface area (Å²) >= 11 is 0. The van der Waals surface area contributed by atoms with Gasteiger partial charge in [0.25, 0.3) is 0 Å². The Labute approximate surface area is 212 Å². The van der Waals surface area contributed by atoms with Crippen LogP contribution in [0.1, 0.15) is 22.6 Å². The minimum absolute atomic E-state index is 0.0363. The zero-order valence-corrected chi connectivity index (χ0v) is 21.0. The third-order valence-corrected chi connectivity index (χ3v) is 7.12. The van der Waals surface area contributed by atoms with E-state index in [9.17, 15) is 4.79 Å². The molecule has 0 bridgehead atoms. The van der Waals surface area contributed by atoms with Crippen molar-refractivity contribution in [3.63, 3.8) is 0 Å². The minimum atomic E-state index is 0.0363. The lowest BCUT2D eigenvalue weighted by molar-refractivity contribution is -0.122. The molecule has 5 rings (SSSR count). The monoisotopic (exact) mass is 482 g/mol. The van der Waals surface area contributed by atoms with Gasteiger partial charge in [-0.25, -0.2) is 0 Å². The Morgan fingerprint density at radius 1 is 1.00 bits per heavy atom. The molecule has 1 atom stereocenters. The predicted molar refractivity (Wildman–Crippen MR) is 146 cm³/mol. The van der Waals surface area contributed by atoms with Gasteiger partial charge in [-0.2, -0.15) is 0 Å². The summed E-state index contributed by atoms with van der Waals surface area (Å²) in [5.74, 6) is 0.928. The molecule has 0 radical (unpaired) electrons. The van der Waals surface area contributed by atoms with Gasteiger partial charge in [0.05, 0.1) is 13.7 Å². The third-order valence-electron chi connectivity index (χ3n) is 7.12. The molecule has 0 spiro atoms. The zero-order chi connectivity index (χ0) is 24.9. The number of nitrogens with one attached hydrogen (secondary N) is 2. The van der Waals surface area contributed by atoms with E-state index < -0.39 is 0 Å². The van der Waals surface area contributed by atoms with Crippen molar-refractivity contribution in [3.8, 4) is 5.75 Å². The van der Waals surface area contributed by atoms with Crippen LogP contribution in [0.3, 0.4) is 0 Å². The first kappa shape index (κ1) is 23.9. The van der Waals surface area contributed by atoms with E-state index in [-0.39, 0.29) is 11.8 Å². The van der Waals surface area contributed by atoms with Crippen molar-refractivity contribution in [3.05, 3.63) is 95.7 Å². The topological polar surface area (TPSA) is 60.6 Å². The number of amides is 1. The molecule has 2 N–H and O–H groups in total. The maximum Gasteiger partial charge on any atom is 0.234 e. The Balaban J connectivity index is 1.23. The molecule has 0 saturated carbocycles. The molecule has 36 heavy (non-hydrogen) atoms. The Morgan fingerprint density at radius 2 is 1.78 bits per heavy atom. The van der Waals surface area contributed by atoms with Crippen molar-refractivity contribution in [1.82, 2.24) is 15.2 Å². The van der Waals surface area contributed by atoms with Crippen molar-refractivity contribution >= 4 is 22.5 Å². The molecule has 0 aliphatic carbocycles. The molecule has 3 aromatic carbocycles. The number of fused-ring (bicyclic) bond motifs is 1. The number of aromatic nitrogens is 1. The minimum Gasteiger partial charge on any atom is -0.497 e. The second-order valence-electron chi connectivity index (χ2n) is 9.52. The SMILES string of the molecule is COc1ccc([C@@H](CNC(=O)CN2CCN(c3cccc(C)c3)CC2)c2c[nH]c3ccccc23)cc1. The first-order valence-electron chi connectivity index (χ1n) is 12.6. The molecule has 2 heterocycles. The maximum atomic E-state index is 13.0. The average molecular weight is 483 g/mol. The fourth-order valence-corrected chi connectivity index (χ4v) is 5.09. The van der Waals surface area contributed by atoms with Crippen molar-refractivity contribution in [2.45, 2.75) is 12.8 Å². The fraction of sp³-hybridized carbons (Fsp3) is 0.300. The molecule has 1 aliphatic heterocycles. The molecule has 6 heteroatoms. The van der Waals surface area contributed by atoms with Crippen LogP contribution in [-0.4, -0.2) is 62.2 Å². The van der Waals surface area contributed by atoms with Crippen molar-refractivity contribution < 1.29 is 9.53 Å². The molecule has 6 nitrogen and oxygen atoms in total. The molecular weight excluding hydrogens is 448 g/mol. The number of para-hydroxylation sites is 1. The third kappa shape index (κ3) is 5.39. The van der Waals surface area contributed by atoms with Crippen molar-refractivity contribution in [2.24, 2.45) is 0 Å². The van der Waals surface area contributed by atoms with Crippen LogP contribution in [0.15, 0.2) is 79.0 Å². The van der Waals surface area contributed by atoms with Crippen molar-refractivity contribution in [1.29, 1.82) is 0 Å². The lowest BCUT2D eigenvalue weighted by atomic mass is 9.90. The van der Waals surface area contributed by atoms with Gasteiger partial charge in [0.1, 0.15) is 5.75 Å². The molecule has 0 unspecified atom stereocenters. The Kier molecular flexibility index (Phi) is 7.23. The van der Waals surface area contributed by atoms with Gasteiger partial charge >= 0.3 is 0 Å². The highest BCUT2D eigenvalue weighted by Gasteiger charge is 2.22. The molecule has 1 amide bonds. The van der Waals surface area contributed by atoms with Crippen LogP contribution >= 0.6 is 0 Å². The Morgan fingerprint density at radius 3 is 2.53 bits per heavy atom. The van der Waals surface area contributed by atoms with Gasteiger partial charge in [-0.1, -0.05) is 42.5 Å². The van der Waals surface area contributed by atoms with E-state index in [2.05, 4.69) is 87.8 Å². The number of piperazine rings is 1. The molecular formula is C30H34N4O2. The van der Waals surface area contributed by atoms with E-state index >= 15 is 0 Å². The summed E-state index contributed by atoms with van der Waals surface area (Å²) in [5, 5.41) is 4.40. The average Bonchev–Trinajstić information content (AvgIpc) is 3.34. The largest absolute Gasteiger partial charge is 0.497 e. The standard InChI is InChI=1S/C30H34N4O2/c1-22-6-5-7-24(18-22)34-16-14-33(15-17-34)21-30(35)32-19-27(23-10-12-25(36-2)13-11-23)28-20-31-29-9-4-3-8-26(28)29/h3-13,18,20,27,31H,14-17,19,21H2,1-2H3,(H,32,35)/t27-/m1/s1. The van der Waals surface area contributed by atoms with Crippen LogP contribution in [-0.2, 0) is 4.79 Å². The van der Waals surface area contributed by atoms with E-state index in [1.807, 2.05) is 18.2 Å². The van der Waals surface area contributed by atoms with Crippen LogP contribution in [0.25, 0.3) is 10.9 Å². The van der Waals surface area contributed by atoms with E-state index in [0.717, 1.165) is 43.0 Å². The number of anilines is 1. The highest BCUT2D eigenvalue weighted by Crippen LogP contribution is 2.31. The summed E-state index contributed by atoms with van der Waals surface area (Å²) in [6, 6.07) is 25.1.